The van der Waals surface area contributed by atoms with Crippen LogP contribution in [0.1, 0.15) is 5.56 Å². The van der Waals surface area contributed by atoms with E-state index in [1.165, 1.54) is 6.08 Å². The normalized spacial score (nSPS) is 15.5. The van der Waals surface area contributed by atoms with E-state index in [4.69, 9.17) is 21.4 Å². The number of hydrogen-bond acceptors (Lipinski definition) is 5. The number of amides is 2. The zero-order valence-corrected chi connectivity index (χ0v) is 16.7. The number of carbonyl (C=O) groups is 3. The molecule has 9 heteroatoms. The highest BCUT2D eigenvalue weighted by atomic mass is 79.9. The van der Waals surface area contributed by atoms with Crippen LogP contribution in [-0.2, 0) is 9.59 Å². The summed E-state index contributed by atoms with van der Waals surface area (Å²) in [7, 11) is 0. The standard InChI is InChI=1S/C18H11BrClNO5S/c19-11-5-6-14(26-9-16(22)23)10(7-11)8-15-17(24)21(18(25)27-15)13-4-2-1-3-12(13)20/h1-8H,9H2,(H,22,23). The summed E-state index contributed by atoms with van der Waals surface area (Å²) < 4.78 is 5.96. The molecule has 3 rings (SSSR count). The first-order valence-corrected chi connectivity index (χ1v) is 9.52. The maximum atomic E-state index is 12.7. The van der Waals surface area contributed by atoms with Gasteiger partial charge in [-0.25, -0.2) is 9.69 Å². The minimum atomic E-state index is -1.12. The summed E-state index contributed by atoms with van der Waals surface area (Å²) in [6.45, 7) is -0.524. The van der Waals surface area contributed by atoms with Crippen LogP contribution in [0.2, 0.25) is 5.02 Å². The van der Waals surface area contributed by atoms with E-state index in [9.17, 15) is 14.4 Å². The van der Waals surface area contributed by atoms with Crippen molar-refractivity contribution >= 4 is 68.2 Å². The van der Waals surface area contributed by atoms with Crippen molar-refractivity contribution in [2.45, 2.75) is 0 Å². The molecule has 0 spiro atoms. The van der Waals surface area contributed by atoms with E-state index in [-0.39, 0.29) is 15.7 Å². The predicted octanol–water partition coefficient (Wildman–Crippen LogP) is 4.81. The Morgan fingerprint density at radius 2 is 2.00 bits per heavy atom. The molecule has 0 unspecified atom stereocenters. The Balaban J connectivity index is 1.96. The molecule has 1 saturated heterocycles. The Bertz CT molecular complexity index is 978. The maximum absolute atomic E-state index is 12.7. The number of benzene rings is 2. The molecule has 1 N–H and O–H groups in total. The summed E-state index contributed by atoms with van der Waals surface area (Å²) in [6, 6.07) is 11.5. The monoisotopic (exact) mass is 467 g/mol. The van der Waals surface area contributed by atoms with Crippen molar-refractivity contribution in [1.29, 1.82) is 0 Å². The molecule has 2 amide bonds. The van der Waals surface area contributed by atoms with Gasteiger partial charge in [0.25, 0.3) is 11.1 Å². The van der Waals surface area contributed by atoms with Gasteiger partial charge in [0.2, 0.25) is 0 Å². The summed E-state index contributed by atoms with van der Waals surface area (Å²) in [5.74, 6) is -1.35. The Labute approximate surface area is 171 Å². The molecule has 0 aliphatic carbocycles. The smallest absolute Gasteiger partial charge is 0.341 e. The average molecular weight is 469 g/mol. The van der Waals surface area contributed by atoms with Crippen LogP contribution in [0.25, 0.3) is 6.08 Å². The van der Waals surface area contributed by atoms with E-state index in [2.05, 4.69) is 15.9 Å². The third kappa shape index (κ3) is 4.35. The summed E-state index contributed by atoms with van der Waals surface area (Å²) >= 11 is 10.2. The van der Waals surface area contributed by atoms with Crippen molar-refractivity contribution in [2.75, 3.05) is 11.5 Å². The lowest BCUT2D eigenvalue weighted by atomic mass is 10.2. The number of hydrogen-bond donors (Lipinski definition) is 1. The lowest BCUT2D eigenvalue weighted by Crippen LogP contribution is -2.27. The number of carboxylic acid groups (broad SMARTS) is 1. The minimum Gasteiger partial charge on any atom is -0.481 e. The van der Waals surface area contributed by atoms with Gasteiger partial charge in [-0.1, -0.05) is 39.7 Å². The fourth-order valence-corrected chi connectivity index (χ4v) is 3.78. The lowest BCUT2D eigenvalue weighted by molar-refractivity contribution is -0.139. The molecule has 27 heavy (non-hydrogen) atoms. The van der Waals surface area contributed by atoms with Crippen molar-refractivity contribution in [3.8, 4) is 5.75 Å². The number of carboxylic acids is 1. The molecule has 2 aromatic rings. The average Bonchev–Trinajstić information content (AvgIpc) is 2.88. The van der Waals surface area contributed by atoms with Crippen LogP contribution in [0.3, 0.4) is 0 Å². The number of nitrogens with zero attached hydrogens (tertiary/aromatic N) is 1. The topological polar surface area (TPSA) is 83.9 Å². The Morgan fingerprint density at radius 3 is 2.70 bits per heavy atom. The van der Waals surface area contributed by atoms with Gasteiger partial charge in [-0.15, -0.1) is 0 Å². The zero-order valence-electron chi connectivity index (χ0n) is 13.5. The summed E-state index contributed by atoms with van der Waals surface area (Å²) in [5.41, 5.74) is 0.775. The number of thioether (sulfide) groups is 1. The van der Waals surface area contributed by atoms with Gasteiger partial charge in [0.15, 0.2) is 6.61 Å². The quantitative estimate of drug-likeness (QED) is 0.634. The molecule has 0 bridgehead atoms. The summed E-state index contributed by atoms with van der Waals surface area (Å²) in [5, 5.41) is 8.61. The Hall–Kier alpha value is -2.29. The third-order valence-electron chi connectivity index (χ3n) is 3.50. The van der Waals surface area contributed by atoms with Gasteiger partial charge in [0, 0.05) is 10.0 Å². The van der Waals surface area contributed by atoms with Crippen LogP contribution < -0.4 is 9.64 Å². The summed E-state index contributed by atoms with van der Waals surface area (Å²) in [6.07, 6.45) is 1.49. The van der Waals surface area contributed by atoms with E-state index >= 15 is 0 Å². The highest BCUT2D eigenvalue weighted by Crippen LogP contribution is 2.39. The van der Waals surface area contributed by atoms with E-state index in [1.54, 1.807) is 42.5 Å². The number of ether oxygens (including phenoxy) is 1. The molecule has 1 aliphatic rings. The van der Waals surface area contributed by atoms with E-state index in [0.717, 1.165) is 16.7 Å². The first-order valence-electron chi connectivity index (χ1n) is 7.53. The number of rotatable bonds is 5. The molecule has 0 radical (unpaired) electrons. The molecule has 0 saturated carbocycles. The first-order chi connectivity index (χ1) is 12.9. The second-order valence-electron chi connectivity index (χ2n) is 5.33. The first kappa shape index (κ1) is 19.5. The fourth-order valence-electron chi connectivity index (χ4n) is 2.35. The molecule has 1 fully saturated rings. The van der Waals surface area contributed by atoms with Crippen molar-refractivity contribution in [1.82, 2.24) is 0 Å². The molecule has 0 atom stereocenters. The van der Waals surface area contributed by atoms with E-state index in [0.29, 0.717) is 15.7 Å². The highest BCUT2D eigenvalue weighted by molar-refractivity contribution is 9.10. The second-order valence-corrected chi connectivity index (χ2v) is 7.65. The van der Waals surface area contributed by atoms with Gasteiger partial charge in [-0.05, 0) is 48.2 Å². The van der Waals surface area contributed by atoms with Gasteiger partial charge in [-0.3, -0.25) is 9.59 Å². The van der Waals surface area contributed by atoms with Crippen LogP contribution in [-0.4, -0.2) is 28.8 Å². The van der Waals surface area contributed by atoms with Gasteiger partial charge in [0.1, 0.15) is 5.75 Å². The SMILES string of the molecule is O=C(O)COc1ccc(Br)cc1C=C1SC(=O)N(c2ccccc2Cl)C1=O. The molecule has 2 aromatic carbocycles. The second kappa shape index (κ2) is 8.16. The van der Waals surface area contributed by atoms with Crippen molar-refractivity contribution in [3.63, 3.8) is 0 Å². The van der Waals surface area contributed by atoms with Crippen LogP contribution >= 0.6 is 39.3 Å². The highest BCUT2D eigenvalue weighted by Gasteiger charge is 2.37. The number of anilines is 1. The van der Waals surface area contributed by atoms with Crippen molar-refractivity contribution in [3.05, 3.63) is 62.4 Å². The number of aliphatic carboxylic acids is 1. The molecule has 1 heterocycles. The van der Waals surface area contributed by atoms with Crippen LogP contribution in [0.15, 0.2) is 51.8 Å². The van der Waals surface area contributed by atoms with Crippen LogP contribution in [0.4, 0.5) is 10.5 Å². The Morgan fingerprint density at radius 1 is 1.26 bits per heavy atom. The Kier molecular flexibility index (Phi) is 5.88. The van der Waals surface area contributed by atoms with E-state index in [1.807, 2.05) is 0 Å². The molecule has 6 nitrogen and oxygen atoms in total. The molecular weight excluding hydrogens is 458 g/mol. The van der Waals surface area contributed by atoms with Gasteiger partial charge in [-0.2, -0.15) is 0 Å². The van der Waals surface area contributed by atoms with Crippen molar-refractivity contribution in [2.24, 2.45) is 0 Å². The maximum Gasteiger partial charge on any atom is 0.341 e. The molecular formula is C18H11BrClNO5S. The largest absolute Gasteiger partial charge is 0.481 e. The van der Waals surface area contributed by atoms with Crippen LogP contribution in [0.5, 0.6) is 5.75 Å². The van der Waals surface area contributed by atoms with E-state index < -0.39 is 23.7 Å². The molecule has 0 aromatic heterocycles. The number of imide groups is 1. The van der Waals surface area contributed by atoms with Crippen molar-refractivity contribution < 1.29 is 24.2 Å². The van der Waals surface area contributed by atoms with Crippen LogP contribution in [0, 0.1) is 0 Å². The van der Waals surface area contributed by atoms with Gasteiger partial charge in [0.05, 0.1) is 15.6 Å². The minimum absolute atomic E-state index is 0.179. The zero-order chi connectivity index (χ0) is 19.6. The van der Waals surface area contributed by atoms with Gasteiger partial charge < -0.3 is 9.84 Å². The number of para-hydroxylation sites is 1. The fraction of sp³-hybridized carbons (Fsp3) is 0.0556. The lowest BCUT2D eigenvalue weighted by Gasteiger charge is -2.13. The molecule has 138 valence electrons. The molecule has 1 aliphatic heterocycles. The predicted molar refractivity (Wildman–Crippen MR) is 107 cm³/mol. The third-order valence-corrected chi connectivity index (χ3v) is 5.18. The van der Waals surface area contributed by atoms with Gasteiger partial charge >= 0.3 is 5.97 Å². The summed E-state index contributed by atoms with van der Waals surface area (Å²) in [4.78, 5) is 37.0. The number of carbonyl (C=O) groups excluding carboxylic acids is 2. The number of halogens is 2.